The van der Waals surface area contributed by atoms with Gasteiger partial charge in [-0.1, -0.05) is 29.8 Å². The van der Waals surface area contributed by atoms with Crippen molar-refractivity contribution >= 4 is 28.8 Å². The van der Waals surface area contributed by atoms with Crippen LogP contribution in [0, 0.1) is 0 Å². The number of benzene rings is 1. The number of rotatable bonds is 6. The number of allylic oxidation sites excluding steroid dienone is 1. The molecule has 0 spiro atoms. The first kappa shape index (κ1) is 20.7. The van der Waals surface area contributed by atoms with Crippen molar-refractivity contribution < 1.29 is 22.7 Å². The maximum absolute atomic E-state index is 12.7. The Kier molecular flexibility index (Phi) is 5.74. The molecule has 0 radical (unpaired) electrons. The first-order valence-corrected chi connectivity index (χ1v) is 9.64. The molecule has 3 rings (SSSR count). The van der Waals surface area contributed by atoms with Crippen LogP contribution in [0.2, 0.25) is 5.02 Å². The molecule has 1 aliphatic rings. The van der Waals surface area contributed by atoms with Gasteiger partial charge in [-0.05, 0) is 36.6 Å². The Hall–Kier alpha value is -2.03. The molecular formula is C19H18ClF3N2O2S. The van der Waals surface area contributed by atoms with E-state index in [2.05, 4.69) is 11.3 Å². The van der Waals surface area contributed by atoms with E-state index in [1.54, 1.807) is 23.1 Å². The normalized spacial score (nSPS) is 15.8. The van der Waals surface area contributed by atoms with Gasteiger partial charge in [-0.15, -0.1) is 31.1 Å². The van der Waals surface area contributed by atoms with E-state index in [4.69, 9.17) is 17.3 Å². The first-order valence-electron chi connectivity index (χ1n) is 8.45. The quantitative estimate of drug-likeness (QED) is 0.650. The molecule has 4 nitrogen and oxygen atoms in total. The second kappa shape index (κ2) is 7.77. The van der Waals surface area contributed by atoms with E-state index in [-0.39, 0.29) is 16.7 Å². The van der Waals surface area contributed by atoms with Crippen molar-refractivity contribution in [1.82, 2.24) is 4.90 Å². The van der Waals surface area contributed by atoms with Crippen molar-refractivity contribution in [3.8, 4) is 16.2 Å². The maximum atomic E-state index is 12.7. The summed E-state index contributed by atoms with van der Waals surface area (Å²) in [5, 5.41) is 0.257. The molecule has 2 aromatic rings. The lowest BCUT2D eigenvalue weighted by molar-refractivity contribution is -0.274. The van der Waals surface area contributed by atoms with Crippen molar-refractivity contribution in [1.29, 1.82) is 0 Å². The van der Waals surface area contributed by atoms with E-state index in [0.717, 1.165) is 24.2 Å². The molecule has 28 heavy (non-hydrogen) atoms. The van der Waals surface area contributed by atoms with Crippen LogP contribution < -0.4 is 10.5 Å². The van der Waals surface area contributed by atoms with Crippen molar-refractivity contribution in [2.45, 2.75) is 24.7 Å². The molecule has 0 atom stereocenters. The Balaban J connectivity index is 1.74. The van der Waals surface area contributed by atoms with Gasteiger partial charge in [-0.3, -0.25) is 4.79 Å². The van der Waals surface area contributed by atoms with Crippen molar-refractivity contribution in [2.75, 3.05) is 13.1 Å². The molecule has 2 heterocycles. The number of halogens is 4. The fourth-order valence-corrected chi connectivity index (χ4v) is 4.44. The zero-order chi connectivity index (χ0) is 20.5. The van der Waals surface area contributed by atoms with Crippen LogP contribution >= 0.6 is 22.9 Å². The van der Waals surface area contributed by atoms with Crippen LogP contribution in [-0.4, -0.2) is 35.8 Å². The molecule has 0 aliphatic carbocycles. The van der Waals surface area contributed by atoms with Crippen molar-refractivity contribution in [3.63, 3.8) is 0 Å². The van der Waals surface area contributed by atoms with Crippen LogP contribution in [0.3, 0.4) is 0 Å². The van der Waals surface area contributed by atoms with E-state index < -0.39 is 11.9 Å². The number of amides is 1. The van der Waals surface area contributed by atoms with Gasteiger partial charge in [0.15, 0.2) is 0 Å². The Morgan fingerprint density at radius 3 is 2.75 bits per heavy atom. The monoisotopic (exact) mass is 430 g/mol. The van der Waals surface area contributed by atoms with Gasteiger partial charge in [-0.2, -0.15) is 0 Å². The molecule has 0 unspecified atom stereocenters. The molecule has 1 aromatic heterocycles. The van der Waals surface area contributed by atoms with Gasteiger partial charge in [0.1, 0.15) is 10.6 Å². The molecule has 0 saturated carbocycles. The van der Waals surface area contributed by atoms with E-state index >= 15 is 0 Å². The maximum Gasteiger partial charge on any atom is 0.573 e. The summed E-state index contributed by atoms with van der Waals surface area (Å²) in [6.07, 6.45) is -1.46. The van der Waals surface area contributed by atoms with Gasteiger partial charge in [0, 0.05) is 18.0 Å². The number of carbonyl (C=O) groups excluding carboxylic acids is 1. The lowest BCUT2D eigenvalue weighted by atomic mass is 9.86. The summed E-state index contributed by atoms with van der Waals surface area (Å²) >= 11 is 7.35. The largest absolute Gasteiger partial charge is 0.573 e. The van der Waals surface area contributed by atoms with Gasteiger partial charge in [0.25, 0.3) is 5.91 Å². The second-order valence-corrected chi connectivity index (χ2v) is 8.17. The molecular weight excluding hydrogens is 413 g/mol. The summed E-state index contributed by atoms with van der Waals surface area (Å²) in [5.41, 5.74) is 6.28. The Morgan fingerprint density at radius 2 is 2.11 bits per heavy atom. The smallest absolute Gasteiger partial charge is 0.406 e. The Morgan fingerprint density at radius 1 is 1.39 bits per heavy atom. The summed E-state index contributed by atoms with van der Waals surface area (Å²) in [6.45, 7) is 4.53. The summed E-state index contributed by atoms with van der Waals surface area (Å²) < 4.78 is 41.2. The molecule has 1 amide bonds. The molecule has 1 aromatic carbocycles. The number of ether oxygens (including phenoxy) is 1. The molecule has 1 fully saturated rings. The van der Waals surface area contributed by atoms with Crippen LogP contribution in [0.15, 0.2) is 43.0 Å². The fourth-order valence-electron chi connectivity index (χ4n) is 3.05. The van der Waals surface area contributed by atoms with Gasteiger partial charge in [0.05, 0.1) is 10.6 Å². The van der Waals surface area contributed by atoms with Crippen molar-refractivity contribution in [3.05, 3.63) is 52.9 Å². The SMILES string of the molecule is C=CCCC1(N)CN(C(=O)c2sc(-c3cccc(OC(F)(F)F)c3)cc2Cl)C1. The zero-order valence-electron chi connectivity index (χ0n) is 14.8. The van der Waals surface area contributed by atoms with Gasteiger partial charge < -0.3 is 15.4 Å². The summed E-state index contributed by atoms with van der Waals surface area (Å²) in [4.78, 5) is 15.2. The lowest BCUT2D eigenvalue weighted by Gasteiger charge is -2.47. The Bertz CT molecular complexity index is 892. The molecule has 2 N–H and O–H groups in total. The summed E-state index contributed by atoms with van der Waals surface area (Å²) in [5.74, 6) is -0.566. The van der Waals surface area contributed by atoms with E-state index in [1.807, 2.05) is 0 Å². The number of thiophene rings is 1. The van der Waals surface area contributed by atoms with E-state index in [9.17, 15) is 18.0 Å². The minimum atomic E-state index is -4.77. The lowest BCUT2D eigenvalue weighted by Crippen LogP contribution is -2.68. The van der Waals surface area contributed by atoms with Crippen LogP contribution in [0.5, 0.6) is 5.75 Å². The first-order chi connectivity index (χ1) is 13.1. The highest BCUT2D eigenvalue weighted by Crippen LogP contribution is 2.38. The number of hydrogen-bond donors (Lipinski definition) is 1. The molecule has 1 aliphatic heterocycles. The number of carbonyl (C=O) groups is 1. The van der Waals surface area contributed by atoms with E-state index in [0.29, 0.717) is 28.4 Å². The number of alkyl halides is 3. The molecule has 1 saturated heterocycles. The predicted octanol–water partition coefficient (Wildman–Crippen LogP) is 5.09. The third-order valence-electron chi connectivity index (χ3n) is 4.38. The summed E-state index contributed by atoms with van der Waals surface area (Å²) in [6, 6.07) is 7.11. The molecule has 0 bridgehead atoms. The van der Waals surface area contributed by atoms with E-state index in [1.165, 1.54) is 18.2 Å². The highest BCUT2D eigenvalue weighted by molar-refractivity contribution is 7.18. The average molecular weight is 431 g/mol. The average Bonchev–Trinajstić information content (AvgIpc) is 2.97. The van der Waals surface area contributed by atoms with Gasteiger partial charge in [0.2, 0.25) is 0 Å². The predicted molar refractivity (Wildman–Crippen MR) is 104 cm³/mol. The molecule has 150 valence electrons. The number of likely N-dealkylation sites (tertiary alicyclic amines) is 1. The molecule has 9 heteroatoms. The number of hydrogen-bond acceptors (Lipinski definition) is 4. The third kappa shape index (κ3) is 4.68. The minimum absolute atomic E-state index is 0.233. The van der Waals surface area contributed by atoms with Gasteiger partial charge in [-0.25, -0.2) is 0 Å². The van der Waals surface area contributed by atoms with Crippen molar-refractivity contribution in [2.24, 2.45) is 5.73 Å². The summed E-state index contributed by atoms with van der Waals surface area (Å²) in [7, 11) is 0. The standard InChI is InChI=1S/C19H18ClF3N2O2S/c1-2-3-7-18(24)10-25(11-18)17(26)16-14(20)9-15(28-16)12-5-4-6-13(8-12)27-19(21,22)23/h2,4-6,8-9H,1,3,7,10-11,24H2. The third-order valence-corrected chi connectivity index (χ3v) is 5.96. The van der Waals surface area contributed by atoms with Gasteiger partial charge >= 0.3 is 6.36 Å². The highest BCUT2D eigenvalue weighted by atomic mass is 35.5. The van der Waals surface area contributed by atoms with Crippen LogP contribution in [0.4, 0.5) is 13.2 Å². The Labute approximate surface area is 169 Å². The number of nitrogens with two attached hydrogens (primary N) is 1. The second-order valence-electron chi connectivity index (χ2n) is 6.71. The van der Waals surface area contributed by atoms with Crippen LogP contribution in [0.25, 0.3) is 10.4 Å². The van der Waals surface area contributed by atoms with Crippen LogP contribution in [-0.2, 0) is 0 Å². The van der Waals surface area contributed by atoms with Crippen LogP contribution in [0.1, 0.15) is 22.5 Å². The zero-order valence-corrected chi connectivity index (χ0v) is 16.3. The minimum Gasteiger partial charge on any atom is -0.406 e. The highest BCUT2D eigenvalue weighted by Gasteiger charge is 2.42. The fraction of sp³-hybridized carbons (Fsp3) is 0.316. The number of nitrogens with zero attached hydrogens (tertiary/aromatic N) is 1. The topological polar surface area (TPSA) is 55.6 Å².